The van der Waals surface area contributed by atoms with Gasteiger partial charge in [-0.2, -0.15) is 0 Å². The predicted molar refractivity (Wildman–Crippen MR) is 260 cm³/mol. The van der Waals surface area contributed by atoms with Crippen LogP contribution in [0, 0.1) is 0 Å². The van der Waals surface area contributed by atoms with Crippen LogP contribution in [0.3, 0.4) is 0 Å². The fraction of sp³-hybridized carbons (Fsp3) is 0.115. The number of nitrogens with zero attached hydrogens (tertiary/aromatic N) is 8. The van der Waals surface area contributed by atoms with Crippen LogP contribution in [0.15, 0.2) is 163 Å². The van der Waals surface area contributed by atoms with Crippen molar-refractivity contribution in [2.24, 2.45) is 30.0 Å². The molecular formula is C52H38N8O8Si. The summed E-state index contributed by atoms with van der Waals surface area (Å²) in [5.41, 5.74) is 4.27. The van der Waals surface area contributed by atoms with Crippen LogP contribution in [0.5, 0.6) is 23.0 Å². The fourth-order valence-electron chi connectivity index (χ4n) is 9.36. The van der Waals surface area contributed by atoms with E-state index < -0.39 is 20.8 Å². The summed E-state index contributed by atoms with van der Waals surface area (Å²) in [7, 11) is 0.835. The Morgan fingerprint density at radius 1 is 0.435 bits per heavy atom. The zero-order valence-electron chi connectivity index (χ0n) is 37.5. The molecule has 8 aromatic rings. The van der Waals surface area contributed by atoms with Gasteiger partial charge in [0.1, 0.15) is 45.6 Å². The van der Waals surface area contributed by atoms with Gasteiger partial charge in [0, 0.05) is 54.9 Å². The number of carbonyl (C=O) groups excluding carboxylic acids is 2. The Labute approximate surface area is 393 Å². The van der Waals surface area contributed by atoms with E-state index >= 15 is 9.59 Å². The van der Waals surface area contributed by atoms with Crippen LogP contribution in [-0.2, 0) is 31.3 Å². The number of methoxy groups -OCH3 is 4. The molecule has 6 heterocycles. The monoisotopic (exact) mass is 930 g/mol. The minimum Gasteiger partial charge on any atom is -0.497 e. The summed E-state index contributed by atoms with van der Waals surface area (Å²) in [5, 5.41) is 2.40. The summed E-state index contributed by atoms with van der Waals surface area (Å²) >= 11 is 0. The molecule has 0 aliphatic carbocycles. The number of fused-ring (bicyclic) bond motifs is 14. The normalized spacial score (nSPS) is 14.4. The Kier molecular flexibility index (Phi) is 9.69. The maximum Gasteiger partial charge on any atom is 0.742 e. The number of carbonyl (C=O) groups is 2. The molecule has 17 heteroatoms. The summed E-state index contributed by atoms with van der Waals surface area (Å²) < 4.78 is 40.4. The lowest BCUT2D eigenvalue weighted by Crippen LogP contribution is -2.65. The second kappa shape index (κ2) is 16.1. The van der Waals surface area contributed by atoms with Gasteiger partial charge in [-0.25, -0.2) is 30.0 Å². The number of hydrogen-bond donors (Lipinski definition) is 0. The Bertz CT molecular complexity index is 3580. The van der Waals surface area contributed by atoms with E-state index in [-0.39, 0.29) is 35.5 Å². The van der Waals surface area contributed by atoms with E-state index in [2.05, 4.69) is 0 Å². The molecule has 0 fully saturated rings. The van der Waals surface area contributed by atoms with Crippen LogP contribution < -0.4 is 29.9 Å². The van der Waals surface area contributed by atoms with Gasteiger partial charge in [-0.1, -0.05) is 97.1 Å². The van der Waals surface area contributed by atoms with E-state index in [1.165, 1.54) is 28.4 Å². The van der Waals surface area contributed by atoms with E-state index in [4.69, 9.17) is 57.8 Å². The van der Waals surface area contributed by atoms with Gasteiger partial charge in [0.15, 0.2) is 23.3 Å². The zero-order valence-corrected chi connectivity index (χ0v) is 38.5. The highest BCUT2D eigenvalue weighted by molar-refractivity contribution is 6.69. The van der Waals surface area contributed by atoms with Gasteiger partial charge in [0.25, 0.3) is 0 Å². The number of rotatable bonds is 10. The Balaban J connectivity index is 1.26. The molecule has 0 saturated heterocycles. The number of aliphatic imine (C=N–C) groups is 4. The summed E-state index contributed by atoms with van der Waals surface area (Å²) in [6.07, 6.45) is -0.693. The Morgan fingerprint density at radius 3 is 1.20 bits per heavy atom. The van der Waals surface area contributed by atoms with E-state index in [0.717, 1.165) is 22.3 Å². The summed E-state index contributed by atoms with van der Waals surface area (Å²) in [5.74, 6) is 2.07. The van der Waals surface area contributed by atoms with Crippen molar-refractivity contribution >= 4 is 77.3 Å². The molecule has 338 valence electrons. The van der Waals surface area contributed by atoms with Crippen molar-refractivity contribution in [3.63, 3.8) is 0 Å². The lowest BCUT2D eigenvalue weighted by Gasteiger charge is -2.32. The van der Waals surface area contributed by atoms with Crippen LogP contribution in [-0.4, -0.2) is 81.1 Å². The lowest BCUT2D eigenvalue weighted by molar-refractivity contribution is -0.141. The van der Waals surface area contributed by atoms with E-state index in [1.54, 1.807) is 44.9 Å². The lowest BCUT2D eigenvalue weighted by atomic mass is 10.1. The predicted octanol–water partition coefficient (Wildman–Crippen LogP) is 6.98. The van der Waals surface area contributed by atoms with Gasteiger partial charge in [-0.15, -0.1) is 0 Å². The van der Waals surface area contributed by atoms with Crippen LogP contribution in [0.4, 0.5) is 11.6 Å². The minimum atomic E-state index is -5.26. The van der Waals surface area contributed by atoms with Gasteiger partial charge in [0.2, 0.25) is 0 Å². The summed E-state index contributed by atoms with van der Waals surface area (Å²) in [6, 6.07) is 40.8. The van der Waals surface area contributed by atoms with Crippen molar-refractivity contribution in [1.82, 2.24) is 8.47 Å². The van der Waals surface area contributed by atoms with Crippen molar-refractivity contribution < 1.29 is 37.4 Å². The molecule has 4 aliphatic rings. The maximum absolute atomic E-state index is 15.5. The molecule has 69 heavy (non-hydrogen) atoms. The number of benzene rings is 6. The fourth-order valence-corrected chi connectivity index (χ4v) is 12.5. The first-order valence-electron chi connectivity index (χ1n) is 21.9. The van der Waals surface area contributed by atoms with E-state index in [9.17, 15) is 0 Å². The van der Waals surface area contributed by atoms with Crippen molar-refractivity contribution in [2.45, 2.75) is 12.8 Å². The molecule has 2 aromatic heterocycles. The molecule has 16 nitrogen and oxygen atoms in total. The first kappa shape index (κ1) is 41.5. The van der Waals surface area contributed by atoms with Crippen molar-refractivity contribution in [1.29, 1.82) is 0 Å². The molecule has 4 aliphatic heterocycles. The van der Waals surface area contributed by atoms with Gasteiger partial charge in [-0.05, 0) is 36.4 Å². The minimum absolute atomic E-state index is 0.248. The SMILES string of the molecule is COc1ccc(OC)c(CC(=O)O[Si]2(OC(=O)Cc3cc(OC)ccc3OC)n3c4c5ccccc5c3N=C3N=C(N=c5c6ccccc6c(n52)=NC2=NC(=N4)c4ccccc42)c2ccccc23)c1. The number of hydrogen-bond acceptors (Lipinski definition) is 14. The molecule has 0 spiro atoms. The molecule has 6 aromatic carbocycles. The number of ether oxygens (including phenoxy) is 4. The molecular weight excluding hydrogens is 893 g/mol. The van der Waals surface area contributed by atoms with E-state index in [0.29, 0.717) is 79.0 Å². The smallest absolute Gasteiger partial charge is 0.497 e. The zero-order chi connectivity index (χ0) is 47.0. The molecule has 6 bridgehead atoms. The van der Waals surface area contributed by atoms with Crippen LogP contribution in [0.25, 0.3) is 21.5 Å². The maximum atomic E-state index is 15.5. The molecule has 0 saturated carbocycles. The van der Waals surface area contributed by atoms with Crippen molar-refractivity contribution in [3.05, 3.63) is 178 Å². The Morgan fingerprint density at radius 2 is 0.812 bits per heavy atom. The van der Waals surface area contributed by atoms with Gasteiger partial charge in [0.05, 0.1) is 41.3 Å². The molecule has 0 amide bonds. The number of aromatic nitrogens is 2. The highest BCUT2D eigenvalue weighted by Gasteiger charge is 2.59. The average molecular weight is 931 g/mol. The first-order chi connectivity index (χ1) is 33.8. The first-order valence-corrected chi connectivity index (χ1v) is 23.6. The van der Waals surface area contributed by atoms with Crippen molar-refractivity contribution in [2.75, 3.05) is 28.4 Å². The molecule has 0 N–H and O–H groups in total. The summed E-state index contributed by atoms with van der Waals surface area (Å²) in [4.78, 5) is 62.7. The standard InChI is InChI=1S/C52H38N8O8Si/c1-63-31-21-23-41(65-3)29(25-31)27-43(61)67-69(68-44(62)28-30-26-32(64-2)22-24-42(30)66-4)59-49-37-17-9-10-18-38(37)51(59)57-47-35-15-7-8-16-36(35)48(54-47)58-52-40-20-12-11-19-39(40)50(60(52)69)56-46-34-14-6-5-13-33(34)45(53-46)55-49/h5-26H,27-28H2,1-4H3. The van der Waals surface area contributed by atoms with Gasteiger partial charge < -0.3 is 27.8 Å². The van der Waals surface area contributed by atoms with E-state index in [1.807, 2.05) is 97.1 Å². The van der Waals surface area contributed by atoms with Crippen LogP contribution in [0.2, 0.25) is 0 Å². The van der Waals surface area contributed by atoms with Crippen LogP contribution in [0.1, 0.15) is 33.4 Å². The number of amidine groups is 4. The molecule has 0 radical (unpaired) electrons. The molecule has 12 rings (SSSR count). The van der Waals surface area contributed by atoms with Gasteiger partial charge in [-0.3, -0.25) is 18.1 Å². The van der Waals surface area contributed by atoms with Crippen molar-refractivity contribution in [3.8, 4) is 23.0 Å². The second-order valence-electron chi connectivity index (χ2n) is 16.3. The highest BCUT2D eigenvalue weighted by Crippen LogP contribution is 2.44. The average Bonchev–Trinajstić information content (AvgIpc) is 4.09. The third kappa shape index (κ3) is 6.57. The molecule has 0 unspecified atom stereocenters. The van der Waals surface area contributed by atoms with Gasteiger partial charge >= 0.3 is 20.8 Å². The third-order valence-corrected chi connectivity index (χ3v) is 15.4. The third-order valence-electron chi connectivity index (χ3n) is 12.5. The largest absolute Gasteiger partial charge is 0.742 e. The van der Waals surface area contributed by atoms with Crippen LogP contribution >= 0.6 is 0 Å². The highest BCUT2D eigenvalue weighted by atomic mass is 28.4. The topological polar surface area (TPSA) is 174 Å². The summed E-state index contributed by atoms with van der Waals surface area (Å²) in [6.45, 7) is 0. The molecule has 0 atom stereocenters. The Hall–Kier alpha value is -8.96. The quantitative estimate of drug-likeness (QED) is 0.132. The second-order valence-corrected chi connectivity index (χ2v) is 18.7.